The molecule has 31 heavy (non-hydrogen) atoms. The summed E-state index contributed by atoms with van der Waals surface area (Å²) in [6.07, 6.45) is 3.30. The molecule has 164 valence electrons. The van der Waals surface area contributed by atoms with E-state index < -0.39 is 10.0 Å². The molecule has 1 saturated heterocycles. The number of benzene rings is 1. The van der Waals surface area contributed by atoms with Gasteiger partial charge < -0.3 is 4.90 Å². The summed E-state index contributed by atoms with van der Waals surface area (Å²) in [7, 11) is -3.51. The number of carbonyl (C=O) groups excluding carboxylic acids is 1. The Labute approximate surface area is 192 Å². The van der Waals surface area contributed by atoms with Gasteiger partial charge in [-0.2, -0.15) is 9.57 Å². The number of halogens is 1. The number of hydrogen-bond donors (Lipinski definition) is 0. The number of rotatable bonds is 8. The Morgan fingerprint density at radius 2 is 2.03 bits per heavy atom. The molecule has 0 radical (unpaired) electrons. The SMILES string of the molecule is Cc1cc(N(CCC#N)C(=O)CSc2ccc(S(=O)(=O)N3CCCC3)cn2)ccc1Cl. The molecule has 1 amide bonds. The van der Waals surface area contributed by atoms with Crippen LogP contribution >= 0.6 is 23.4 Å². The van der Waals surface area contributed by atoms with Crippen molar-refractivity contribution in [2.45, 2.75) is 36.1 Å². The van der Waals surface area contributed by atoms with E-state index in [1.54, 1.807) is 23.1 Å². The van der Waals surface area contributed by atoms with E-state index >= 15 is 0 Å². The highest BCUT2D eigenvalue weighted by Crippen LogP contribution is 2.26. The van der Waals surface area contributed by atoms with Gasteiger partial charge in [-0.1, -0.05) is 23.4 Å². The number of thioether (sulfide) groups is 1. The number of anilines is 1. The normalized spacial score (nSPS) is 14.4. The van der Waals surface area contributed by atoms with Crippen LogP contribution in [0, 0.1) is 18.3 Å². The zero-order chi connectivity index (χ0) is 22.4. The minimum absolute atomic E-state index is 0.109. The highest BCUT2D eigenvalue weighted by atomic mass is 35.5. The number of pyridine rings is 1. The molecule has 0 bridgehead atoms. The number of aromatic nitrogens is 1. The fourth-order valence-corrected chi connectivity index (χ4v) is 5.55. The summed E-state index contributed by atoms with van der Waals surface area (Å²) >= 11 is 7.31. The molecular weight excluding hydrogens is 456 g/mol. The van der Waals surface area contributed by atoms with Crippen molar-refractivity contribution in [2.75, 3.05) is 30.3 Å². The molecule has 3 rings (SSSR count). The van der Waals surface area contributed by atoms with E-state index in [0.29, 0.717) is 28.8 Å². The van der Waals surface area contributed by atoms with Crippen LogP contribution < -0.4 is 4.90 Å². The average Bonchev–Trinajstić information content (AvgIpc) is 3.31. The lowest BCUT2D eigenvalue weighted by molar-refractivity contribution is -0.116. The molecule has 0 unspecified atom stereocenters. The molecule has 2 heterocycles. The van der Waals surface area contributed by atoms with Gasteiger partial charge in [0, 0.05) is 36.5 Å². The van der Waals surface area contributed by atoms with Gasteiger partial charge in [0.05, 0.1) is 23.3 Å². The fraction of sp³-hybridized carbons (Fsp3) is 0.381. The molecule has 1 aliphatic rings. The first-order chi connectivity index (χ1) is 14.8. The summed E-state index contributed by atoms with van der Waals surface area (Å²) in [4.78, 5) is 18.8. The Morgan fingerprint density at radius 1 is 1.29 bits per heavy atom. The topological polar surface area (TPSA) is 94.4 Å². The first kappa shape index (κ1) is 23.5. The molecule has 1 fully saturated rings. The van der Waals surface area contributed by atoms with Gasteiger partial charge in [0.1, 0.15) is 4.90 Å². The highest BCUT2D eigenvalue weighted by molar-refractivity contribution is 7.99. The standard InChI is InChI=1S/C21H23ClN4O3S2/c1-16-13-17(5-7-19(16)22)26(12-4-9-23)21(27)15-30-20-8-6-18(14-24-20)31(28,29)25-10-2-3-11-25/h5-8,13-14H,2-4,10-12,15H2,1H3. The third-order valence-electron chi connectivity index (χ3n) is 4.96. The number of nitriles is 1. The van der Waals surface area contributed by atoms with Crippen LogP contribution in [0.2, 0.25) is 5.02 Å². The van der Waals surface area contributed by atoms with Crippen LogP contribution in [-0.2, 0) is 14.8 Å². The van der Waals surface area contributed by atoms with Crippen LogP contribution in [0.25, 0.3) is 0 Å². The van der Waals surface area contributed by atoms with E-state index in [1.807, 2.05) is 13.0 Å². The average molecular weight is 479 g/mol. The lowest BCUT2D eigenvalue weighted by Gasteiger charge is -2.22. The summed E-state index contributed by atoms with van der Waals surface area (Å²) in [6.45, 7) is 3.21. The Balaban J connectivity index is 1.67. The van der Waals surface area contributed by atoms with E-state index in [-0.39, 0.29) is 29.5 Å². The van der Waals surface area contributed by atoms with Gasteiger partial charge in [-0.25, -0.2) is 13.4 Å². The minimum Gasteiger partial charge on any atom is -0.311 e. The van der Waals surface area contributed by atoms with Gasteiger partial charge in [0.2, 0.25) is 15.9 Å². The molecule has 0 saturated carbocycles. The molecule has 1 aromatic heterocycles. The van der Waals surface area contributed by atoms with Gasteiger partial charge in [-0.3, -0.25) is 4.79 Å². The molecule has 1 aliphatic heterocycles. The van der Waals surface area contributed by atoms with Crippen molar-refractivity contribution in [2.24, 2.45) is 0 Å². The molecule has 0 N–H and O–H groups in total. The molecule has 10 heteroatoms. The van der Waals surface area contributed by atoms with Crippen LogP contribution in [0.5, 0.6) is 0 Å². The maximum atomic E-state index is 12.9. The summed E-state index contributed by atoms with van der Waals surface area (Å²) < 4.78 is 26.7. The lowest BCUT2D eigenvalue weighted by Crippen LogP contribution is -2.33. The quantitative estimate of drug-likeness (QED) is 0.534. The van der Waals surface area contributed by atoms with Gasteiger partial charge in [-0.05, 0) is 55.7 Å². The maximum absolute atomic E-state index is 12.9. The van der Waals surface area contributed by atoms with Crippen LogP contribution in [0.4, 0.5) is 5.69 Å². The third kappa shape index (κ3) is 5.77. The Kier molecular flexibility index (Phi) is 7.94. The first-order valence-electron chi connectivity index (χ1n) is 9.85. The maximum Gasteiger partial charge on any atom is 0.244 e. The van der Waals surface area contributed by atoms with Gasteiger partial charge in [-0.15, -0.1) is 0 Å². The lowest BCUT2D eigenvalue weighted by atomic mass is 10.2. The number of hydrogen-bond acceptors (Lipinski definition) is 6. The summed E-state index contributed by atoms with van der Waals surface area (Å²) in [5.41, 5.74) is 1.53. The van der Waals surface area contributed by atoms with Gasteiger partial charge in [0.15, 0.2) is 0 Å². The fourth-order valence-electron chi connectivity index (χ4n) is 3.25. The highest BCUT2D eigenvalue weighted by Gasteiger charge is 2.27. The minimum atomic E-state index is -3.51. The number of sulfonamides is 1. The second kappa shape index (κ2) is 10.5. The van der Waals surface area contributed by atoms with E-state index in [0.717, 1.165) is 18.4 Å². The van der Waals surface area contributed by atoms with Crippen LogP contribution in [0.3, 0.4) is 0 Å². The zero-order valence-corrected chi connectivity index (χ0v) is 19.5. The van der Waals surface area contributed by atoms with Crippen molar-refractivity contribution < 1.29 is 13.2 Å². The van der Waals surface area contributed by atoms with E-state index in [1.165, 1.54) is 28.3 Å². The summed E-state index contributed by atoms with van der Waals surface area (Å²) in [5, 5.41) is 10.1. The predicted octanol–water partition coefficient (Wildman–Crippen LogP) is 3.87. The van der Waals surface area contributed by atoms with Crippen molar-refractivity contribution in [3.8, 4) is 6.07 Å². The van der Waals surface area contributed by atoms with Crippen LogP contribution in [0.1, 0.15) is 24.8 Å². The van der Waals surface area contributed by atoms with E-state index in [9.17, 15) is 13.2 Å². The molecule has 0 atom stereocenters. The molecular formula is C21H23ClN4O3S2. The smallest absolute Gasteiger partial charge is 0.244 e. The van der Waals surface area contributed by atoms with Crippen molar-refractivity contribution in [1.29, 1.82) is 5.26 Å². The summed E-state index contributed by atoms with van der Waals surface area (Å²) in [5.74, 6) is -0.0595. The Hall–Kier alpha value is -2.12. The Morgan fingerprint density at radius 3 is 2.65 bits per heavy atom. The largest absolute Gasteiger partial charge is 0.311 e. The first-order valence-corrected chi connectivity index (χ1v) is 12.7. The number of amides is 1. The Bertz CT molecular complexity index is 1080. The molecule has 1 aromatic carbocycles. The number of nitrogens with zero attached hydrogens (tertiary/aromatic N) is 4. The van der Waals surface area contributed by atoms with Crippen molar-refractivity contribution >= 4 is 45.0 Å². The molecule has 7 nitrogen and oxygen atoms in total. The van der Waals surface area contributed by atoms with Crippen molar-refractivity contribution in [3.05, 3.63) is 47.1 Å². The van der Waals surface area contributed by atoms with Crippen LogP contribution in [-0.4, -0.2) is 49.0 Å². The van der Waals surface area contributed by atoms with Gasteiger partial charge >= 0.3 is 0 Å². The number of carbonyl (C=O) groups is 1. The zero-order valence-electron chi connectivity index (χ0n) is 17.1. The van der Waals surface area contributed by atoms with E-state index in [2.05, 4.69) is 11.1 Å². The molecule has 0 spiro atoms. The molecule has 2 aromatic rings. The van der Waals surface area contributed by atoms with Crippen molar-refractivity contribution in [3.63, 3.8) is 0 Å². The van der Waals surface area contributed by atoms with E-state index in [4.69, 9.17) is 16.9 Å². The second-order valence-corrected chi connectivity index (χ2v) is 10.5. The van der Waals surface area contributed by atoms with Gasteiger partial charge in [0.25, 0.3) is 0 Å². The van der Waals surface area contributed by atoms with Crippen molar-refractivity contribution in [1.82, 2.24) is 9.29 Å². The second-order valence-electron chi connectivity index (χ2n) is 7.12. The summed E-state index contributed by atoms with van der Waals surface area (Å²) in [6, 6.07) is 10.5. The molecule has 0 aliphatic carbocycles. The predicted molar refractivity (Wildman–Crippen MR) is 122 cm³/mol. The van der Waals surface area contributed by atoms with Crippen LogP contribution in [0.15, 0.2) is 46.5 Å². The number of aryl methyl sites for hydroxylation is 1. The monoisotopic (exact) mass is 478 g/mol. The third-order valence-corrected chi connectivity index (χ3v) is 8.19.